The van der Waals surface area contributed by atoms with Crippen molar-refractivity contribution in [2.75, 3.05) is 0 Å². The summed E-state index contributed by atoms with van der Waals surface area (Å²) < 4.78 is 0. The molecule has 0 saturated heterocycles. The van der Waals surface area contributed by atoms with E-state index in [9.17, 15) is 9.59 Å². The van der Waals surface area contributed by atoms with Gasteiger partial charge in [0.1, 0.15) is 0 Å². The first-order chi connectivity index (χ1) is 11.0. The summed E-state index contributed by atoms with van der Waals surface area (Å²) in [6.45, 7) is 0. The van der Waals surface area contributed by atoms with Crippen molar-refractivity contribution in [3.8, 4) is 0 Å². The normalized spacial score (nSPS) is 15.0. The van der Waals surface area contributed by atoms with E-state index in [0.29, 0.717) is 22.1 Å². The van der Waals surface area contributed by atoms with E-state index in [4.69, 9.17) is 17.3 Å². The van der Waals surface area contributed by atoms with E-state index in [1.54, 1.807) is 24.3 Å². The molecular weight excluding hydrogens is 312 g/mol. The van der Waals surface area contributed by atoms with Crippen LogP contribution in [0.25, 0.3) is 0 Å². The van der Waals surface area contributed by atoms with Crippen molar-refractivity contribution >= 4 is 23.4 Å². The summed E-state index contributed by atoms with van der Waals surface area (Å²) in [6.07, 6.45) is 2.21. The summed E-state index contributed by atoms with van der Waals surface area (Å²) in [7, 11) is 0. The molecule has 0 aromatic heterocycles. The van der Waals surface area contributed by atoms with Crippen LogP contribution in [-0.2, 0) is 0 Å². The fourth-order valence-electron chi connectivity index (χ4n) is 2.58. The molecule has 0 radical (unpaired) electrons. The summed E-state index contributed by atoms with van der Waals surface area (Å²) >= 11 is 5.93. The maximum Gasteiger partial charge on any atom is 0.251 e. The second kappa shape index (κ2) is 6.42. The maximum absolute atomic E-state index is 12.5. The molecule has 2 aromatic carbocycles. The number of primary amides is 1. The van der Waals surface area contributed by atoms with Gasteiger partial charge in [-0.25, -0.2) is 0 Å². The Kier molecular flexibility index (Phi) is 4.35. The minimum absolute atomic E-state index is 0.0180. The fraction of sp³-hybridized carbons (Fsp3) is 0.222. The zero-order valence-electron chi connectivity index (χ0n) is 12.5. The van der Waals surface area contributed by atoms with Crippen LogP contribution in [0.3, 0.4) is 0 Å². The van der Waals surface area contributed by atoms with Crippen LogP contribution in [0.4, 0.5) is 0 Å². The van der Waals surface area contributed by atoms with Gasteiger partial charge in [-0.3, -0.25) is 9.59 Å². The Morgan fingerprint density at radius 1 is 1.00 bits per heavy atom. The molecule has 0 heterocycles. The third-order valence-electron chi connectivity index (χ3n) is 4.04. The molecule has 1 unspecified atom stereocenters. The molecule has 3 rings (SSSR count). The molecule has 2 amide bonds. The molecule has 0 spiro atoms. The van der Waals surface area contributed by atoms with Gasteiger partial charge in [-0.05, 0) is 60.7 Å². The highest BCUT2D eigenvalue weighted by Gasteiger charge is 2.33. The average molecular weight is 329 g/mol. The molecule has 0 bridgehead atoms. The highest BCUT2D eigenvalue weighted by Crippen LogP contribution is 2.41. The predicted octanol–water partition coefficient (Wildman–Crippen LogP) is 3.32. The molecule has 5 heteroatoms. The van der Waals surface area contributed by atoms with E-state index in [0.717, 1.165) is 18.4 Å². The lowest BCUT2D eigenvalue weighted by atomic mass is 10.0. The average Bonchev–Trinajstić information content (AvgIpc) is 3.38. The maximum atomic E-state index is 12.5. The van der Waals surface area contributed by atoms with Crippen LogP contribution in [0, 0.1) is 5.92 Å². The standard InChI is InChI=1S/C18H17ClN2O2/c19-15-9-7-12(8-10-15)16(11-1-2-11)21-18(23)14-5-3-13(4-6-14)17(20)22/h3-11,16H,1-2H2,(H2,20,22)(H,21,23). The van der Waals surface area contributed by atoms with Gasteiger partial charge in [0.2, 0.25) is 5.91 Å². The Bertz CT molecular complexity index is 722. The third-order valence-corrected chi connectivity index (χ3v) is 4.29. The van der Waals surface area contributed by atoms with E-state index >= 15 is 0 Å². The first-order valence-electron chi connectivity index (χ1n) is 7.51. The van der Waals surface area contributed by atoms with Gasteiger partial charge in [-0.15, -0.1) is 0 Å². The molecule has 1 saturated carbocycles. The number of hydrogen-bond donors (Lipinski definition) is 2. The van der Waals surface area contributed by atoms with Crippen molar-refractivity contribution in [1.29, 1.82) is 0 Å². The van der Waals surface area contributed by atoms with Gasteiger partial charge in [-0.2, -0.15) is 0 Å². The number of halogens is 1. The van der Waals surface area contributed by atoms with Crippen molar-refractivity contribution in [3.05, 3.63) is 70.2 Å². The van der Waals surface area contributed by atoms with Crippen LogP contribution < -0.4 is 11.1 Å². The largest absolute Gasteiger partial charge is 0.366 e. The number of rotatable bonds is 5. The highest BCUT2D eigenvalue weighted by atomic mass is 35.5. The number of nitrogens with two attached hydrogens (primary N) is 1. The monoisotopic (exact) mass is 328 g/mol. The molecule has 1 fully saturated rings. The number of carbonyl (C=O) groups excluding carboxylic acids is 2. The Morgan fingerprint density at radius 3 is 2.09 bits per heavy atom. The van der Waals surface area contributed by atoms with Gasteiger partial charge in [0, 0.05) is 16.1 Å². The van der Waals surface area contributed by atoms with Crippen LogP contribution in [0.5, 0.6) is 0 Å². The summed E-state index contributed by atoms with van der Waals surface area (Å²) in [5, 5.41) is 3.76. The van der Waals surface area contributed by atoms with E-state index in [-0.39, 0.29) is 11.9 Å². The molecule has 3 N–H and O–H groups in total. The number of carbonyl (C=O) groups is 2. The van der Waals surface area contributed by atoms with Crippen molar-refractivity contribution in [2.45, 2.75) is 18.9 Å². The quantitative estimate of drug-likeness (QED) is 0.883. The summed E-state index contributed by atoms with van der Waals surface area (Å²) in [5.74, 6) is -0.202. The van der Waals surface area contributed by atoms with E-state index in [2.05, 4.69) is 5.32 Å². The topological polar surface area (TPSA) is 72.2 Å². The van der Waals surface area contributed by atoms with Crippen molar-refractivity contribution < 1.29 is 9.59 Å². The first-order valence-corrected chi connectivity index (χ1v) is 7.88. The molecule has 1 aliphatic rings. The van der Waals surface area contributed by atoms with E-state index < -0.39 is 5.91 Å². The zero-order chi connectivity index (χ0) is 16.4. The third kappa shape index (κ3) is 3.71. The van der Waals surface area contributed by atoms with Crippen LogP contribution in [0.1, 0.15) is 45.2 Å². The van der Waals surface area contributed by atoms with Crippen LogP contribution >= 0.6 is 11.6 Å². The van der Waals surface area contributed by atoms with Gasteiger partial charge in [0.25, 0.3) is 5.91 Å². The lowest BCUT2D eigenvalue weighted by Gasteiger charge is -2.19. The minimum Gasteiger partial charge on any atom is -0.366 e. The minimum atomic E-state index is -0.506. The summed E-state index contributed by atoms with van der Waals surface area (Å²) in [4.78, 5) is 23.5. The smallest absolute Gasteiger partial charge is 0.251 e. The molecule has 1 aliphatic carbocycles. The van der Waals surface area contributed by atoms with Crippen LogP contribution in [-0.4, -0.2) is 11.8 Å². The second-order valence-corrected chi connectivity index (χ2v) is 6.22. The number of benzene rings is 2. The lowest BCUT2D eigenvalue weighted by Crippen LogP contribution is -2.30. The van der Waals surface area contributed by atoms with Crippen LogP contribution in [0.2, 0.25) is 5.02 Å². The molecule has 118 valence electrons. The molecule has 2 aromatic rings. The Hall–Kier alpha value is -2.33. The van der Waals surface area contributed by atoms with Crippen molar-refractivity contribution in [1.82, 2.24) is 5.32 Å². The number of nitrogens with one attached hydrogen (secondary N) is 1. The molecule has 1 atom stereocenters. The highest BCUT2D eigenvalue weighted by molar-refractivity contribution is 6.30. The number of hydrogen-bond acceptors (Lipinski definition) is 2. The Morgan fingerprint density at radius 2 is 1.57 bits per heavy atom. The summed E-state index contributed by atoms with van der Waals surface area (Å²) in [5.41, 5.74) is 7.16. The van der Waals surface area contributed by atoms with E-state index in [1.807, 2.05) is 24.3 Å². The Balaban J connectivity index is 1.76. The second-order valence-electron chi connectivity index (χ2n) is 5.78. The fourth-order valence-corrected chi connectivity index (χ4v) is 2.71. The van der Waals surface area contributed by atoms with Gasteiger partial charge >= 0.3 is 0 Å². The van der Waals surface area contributed by atoms with Crippen molar-refractivity contribution in [3.63, 3.8) is 0 Å². The zero-order valence-corrected chi connectivity index (χ0v) is 13.2. The summed E-state index contributed by atoms with van der Waals surface area (Å²) in [6, 6.07) is 13.9. The van der Waals surface area contributed by atoms with E-state index in [1.165, 1.54) is 0 Å². The Labute approximate surface area is 139 Å². The van der Waals surface area contributed by atoms with Gasteiger partial charge in [0.05, 0.1) is 6.04 Å². The molecule has 0 aliphatic heterocycles. The SMILES string of the molecule is NC(=O)c1ccc(C(=O)NC(c2ccc(Cl)cc2)C2CC2)cc1. The number of amides is 2. The molecule has 4 nitrogen and oxygen atoms in total. The molecule has 23 heavy (non-hydrogen) atoms. The van der Waals surface area contributed by atoms with Gasteiger partial charge in [0.15, 0.2) is 0 Å². The van der Waals surface area contributed by atoms with Gasteiger partial charge in [-0.1, -0.05) is 23.7 Å². The van der Waals surface area contributed by atoms with Gasteiger partial charge < -0.3 is 11.1 Å². The lowest BCUT2D eigenvalue weighted by molar-refractivity contribution is 0.0929. The van der Waals surface area contributed by atoms with Crippen LogP contribution in [0.15, 0.2) is 48.5 Å². The first kappa shape index (κ1) is 15.6. The predicted molar refractivity (Wildman–Crippen MR) is 89.3 cm³/mol. The molecular formula is C18H17ClN2O2. The van der Waals surface area contributed by atoms with Crippen molar-refractivity contribution in [2.24, 2.45) is 11.7 Å².